The number of rotatable bonds is 5. The van der Waals surface area contributed by atoms with Crippen molar-refractivity contribution in [3.63, 3.8) is 0 Å². The average Bonchev–Trinajstić information content (AvgIpc) is 2.83. The van der Waals surface area contributed by atoms with Gasteiger partial charge in [-0.05, 0) is 18.4 Å². The summed E-state index contributed by atoms with van der Waals surface area (Å²) in [4.78, 5) is 11.2. The van der Waals surface area contributed by atoms with Gasteiger partial charge in [-0.3, -0.25) is 4.79 Å². The van der Waals surface area contributed by atoms with Crippen molar-refractivity contribution in [1.82, 2.24) is 5.32 Å². The molecule has 0 spiro atoms. The monoisotopic (exact) mass is 231 g/mol. The van der Waals surface area contributed by atoms with E-state index in [9.17, 15) is 9.90 Å². The molecule has 0 heterocycles. The lowest BCUT2D eigenvalue weighted by molar-refractivity contribution is -0.138. The van der Waals surface area contributed by atoms with Gasteiger partial charge < -0.3 is 10.4 Å². The Kier molecular flexibility index (Phi) is 3.94. The Morgan fingerprint density at radius 2 is 1.94 bits per heavy atom. The minimum Gasteiger partial charge on any atom is -0.481 e. The third kappa shape index (κ3) is 3.17. The number of benzene rings is 1. The Bertz CT molecular complexity index is 392. The summed E-state index contributed by atoms with van der Waals surface area (Å²) in [5, 5.41) is 12.6. The number of aliphatic carboxylic acids is 1. The second-order valence-corrected chi connectivity index (χ2v) is 4.35. The number of hydrogen-bond donors (Lipinski definition) is 2. The molecule has 0 aromatic heterocycles. The third-order valence-electron chi connectivity index (χ3n) is 3.12. The molecule has 1 unspecified atom stereocenters. The molecule has 1 aliphatic rings. The van der Waals surface area contributed by atoms with Gasteiger partial charge in [-0.1, -0.05) is 42.5 Å². The number of carbonyl (C=O) groups is 1. The molecule has 1 aromatic rings. The molecule has 90 valence electrons. The fraction of sp³-hybridized carbons (Fsp3) is 0.357. The van der Waals surface area contributed by atoms with Crippen LogP contribution in [0, 0.1) is 0 Å². The number of nitrogens with one attached hydrogen (secondary N) is 1. The zero-order valence-electron chi connectivity index (χ0n) is 9.67. The first-order valence-corrected chi connectivity index (χ1v) is 5.93. The van der Waals surface area contributed by atoms with Gasteiger partial charge in [0, 0.05) is 12.6 Å². The van der Waals surface area contributed by atoms with E-state index in [1.807, 2.05) is 30.3 Å². The highest BCUT2D eigenvalue weighted by Crippen LogP contribution is 2.16. The molecule has 3 nitrogen and oxygen atoms in total. The second-order valence-electron chi connectivity index (χ2n) is 4.35. The van der Waals surface area contributed by atoms with Gasteiger partial charge in [0.25, 0.3) is 0 Å². The summed E-state index contributed by atoms with van der Waals surface area (Å²) in [5.74, 6) is -1.23. The number of hydrogen-bond acceptors (Lipinski definition) is 2. The minimum atomic E-state index is -0.769. The van der Waals surface area contributed by atoms with E-state index in [0.717, 1.165) is 18.4 Å². The van der Waals surface area contributed by atoms with Gasteiger partial charge in [-0.25, -0.2) is 0 Å². The van der Waals surface area contributed by atoms with Crippen molar-refractivity contribution in [3.05, 3.63) is 48.0 Å². The lowest BCUT2D eigenvalue weighted by Crippen LogP contribution is -2.33. The Hall–Kier alpha value is -1.61. The fourth-order valence-corrected chi connectivity index (χ4v) is 2.10. The van der Waals surface area contributed by atoms with Gasteiger partial charge in [-0.2, -0.15) is 0 Å². The van der Waals surface area contributed by atoms with E-state index in [0.29, 0.717) is 12.6 Å². The minimum absolute atomic E-state index is 0.403. The highest BCUT2D eigenvalue weighted by molar-refractivity contribution is 5.76. The average molecular weight is 231 g/mol. The van der Waals surface area contributed by atoms with E-state index in [1.54, 1.807) is 0 Å². The van der Waals surface area contributed by atoms with Crippen LogP contribution in [0.15, 0.2) is 42.5 Å². The van der Waals surface area contributed by atoms with Gasteiger partial charge in [-0.15, -0.1) is 0 Å². The molecule has 0 saturated heterocycles. The van der Waals surface area contributed by atoms with Crippen molar-refractivity contribution in [1.29, 1.82) is 0 Å². The zero-order chi connectivity index (χ0) is 12.1. The first-order chi connectivity index (χ1) is 8.27. The van der Waals surface area contributed by atoms with E-state index in [4.69, 9.17) is 0 Å². The van der Waals surface area contributed by atoms with Crippen molar-refractivity contribution in [3.8, 4) is 0 Å². The van der Waals surface area contributed by atoms with E-state index in [1.165, 1.54) is 0 Å². The van der Waals surface area contributed by atoms with Crippen molar-refractivity contribution < 1.29 is 9.90 Å². The van der Waals surface area contributed by atoms with Crippen molar-refractivity contribution in [2.75, 3.05) is 6.54 Å². The van der Waals surface area contributed by atoms with E-state index >= 15 is 0 Å². The van der Waals surface area contributed by atoms with Gasteiger partial charge in [0.15, 0.2) is 0 Å². The van der Waals surface area contributed by atoms with Crippen LogP contribution in [0.1, 0.15) is 24.3 Å². The molecule has 2 N–H and O–H groups in total. The molecule has 0 aliphatic heterocycles. The molecule has 2 rings (SSSR count). The molecule has 0 bridgehead atoms. The quantitative estimate of drug-likeness (QED) is 0.763. The molecular weight excluding hydrogens is 214 g/mol. The molecule has 3 heteroatoms. The summed E-state index contributed by atoms with van der Waals surface area (Å²) in [6.45, 7) is 0.492. The smallest absolute Gasteiger partial charge is 0.312 e. The predicted molar refractivity (Wildman–Crippen MR) is 67.0 cm³/mol. The maximum absolute atomic E-state index is 11.2. The maximum atomic E-state index is 11.2. The third-order valence-corrected chi connectivity index (χ3v) is 3.12. The normalized spacial score (nSPS) is 17.2. The van der Waals surface area contributed by atoms with Crippen molar-refractivity contribution in [2.24, 2.45) is 0 Å². The van der Waals surface area contributed by atoms with Crippen LogP contribution in [0.3, 0.4) is 0 Å². The Morgan fingerprint density at radius 1 is 1.29 bits per heavy atom. The van der Waals surface area contributed by atoms with E-state index in [-0.39, 0.29) is 0 Å². The van der Waals surface area contributed by atoms with Crippen LogP contribution in [-0.2, 0) is 4.79 Å². The molecule has 1 aromatic carbocycles. The lowest BCUT2D eigenvalue weighted by Gasteiger charge is -2.17. The van der Waals surface area contributed by atoms with Gasteiger partial charge >= 0.3 is 5.97 Å². The molecule has 0 fully saturated rings. The highest BCUT2D eigenvalue weighted by atomic mass is 16.4. The Balaban J connectivity index is 1.96. The van der Waals surface area contributed by atoms with E-state index in [2.05, 4.69) is 17.5 Å². The van der Waals surface area contributed by atoms with Crippen LogP contribution in [0.5, 0.6) is 0 Å². The van der Waals surface area contributed by atoms with Crippen molar-refractivity contribution in [2.45, 2.75) is 24.8 Å². The van der Waals surface area contributed by atoms with Crippen LogP contribution in [0.2, 0.25) is 0 Å². The van der Waals surface area contributed by atoms with Crippen LogP contribution in [-0.4, -0.2) is 23.7 Å². The standard InChI is InChI=1S/C14H17NO2/c16-14(17)13(11-6-2-1-3-7-11)10-15-12-8-4-5-9-12/h1-7,12-13,15H,8-10H2,(H,16,17). The highest BCUT2D eigenvalue weighted by Gasteiger charge is 2.21. The molecule has 1 aliphatic carbocycles. The summed E-state index contributed by atoms with van der Waals surface area (Å²) in [6.07, 6.45) is 6.27. The topological polar surface area (TPSA) is 49.3 Å². The zero-order valence-corrected chi connectivity index (χ0v) is 9.67. The summed E-state index contributed by atoms with van der Waals surface area (Å²) < 4.78 is 0. The molecule has 0 saturated carbocycles. The summed E-state index contributed by atoms with van der Waals surface area (Å²) in [7, 11) is 0. The molecule has 0 amide bonds. The summed E-state index contributed by atoms with van der Waals surface area (Å²) >= 11 is 0. The van der Waals surface area contributed by atoms with Crippen molar-refractivity contribution >= 4 is 5.97 Å². The van der Waals surface area contributed by atoms with E-state index < -0.39 is 11.9 Å². The number of carboxylic acids is 1. The molecule has 0 radical (unpaired) electrons. The fourth-order valence-electron chi connectivity index (χ4n) is 2.10. The maximum Gasteiger partial charge on any atom is 0.312 e. The SMILES string of the molecule is O=C(O)C(CNC1CC=CC1)c1ccccc1. The molecular formula is C14H17NO2. The molecule has 17 heavy (non-hydrogen) atoms. The first kappa shape index (κ1) is 11.9. The van der Waals surface area contributed by atoms with Crippen LogP contribution < -0.4 is 5.32 Å². The summed E-state index contributed by atoms with van der Waals surface area (Å²) in [5.41, 5.74) is 0.860. The summed E-state index contributed by atoms with van der Waals surface area (Å²) in [6, 6.07) is 9.79. The van der Waals surface area contributed by atoms with Crippen LogP contribution in [0.4, 0.5) is 0 Å². The van der Waals surface area contributed by atoms with Crippen LogP contribution >= 0.6 is 0 Å². The van der Waals surface area contributed by atoms with Gasteiger partial charge in [0.1, 0.15) is 0 Å². The largest absolute Gasteiger partial charge is 0.481 e. The number of carboxylic acid groups (broad SMARTS) is 1. The van der Waals surface area contributed by atoms with Gasteiger partial charge in [0.05, 0.1) is 5.92 Å². The lowest BCUT2D eigenvalue weighted by atomic mass is 9.99. The predicted octanol–water partition coefficient (Wildman–Crippen LogP) is 2.16. The Labute approximate surface area is 101 Å². The molecule has 1 atom stereocenters. The van der Waals surface area contributed by atoms with Gasteiger partial charge in [0.2, 0.25) is 0 Å². The Morgan fingerprint density at radius 3 is 2.53 bits per heavy atom. The second kappa shape index (κ2) is 5.64. The first-order valence-electron chi connectivity index (χ1n) is 5.93. The van der Waals surface area contributed by atoms with Crippen LogP contribution in [0.25, 0.3) is 0 Å².